The van der Waals surface area contributed by atoms with E-state index in [0.717, 1.165) is 32.1 Å². The first-order valence-corrected chi connectivity index (χ1v) is 14.3. The topological polar surface area (TPSA) is 135 Å². The largest absolute Gasteiger partial charge is 0.481 e. The predicted molar refractivity (Wildman–Crippen MR) is 140 cm³/mol. The third-order valence-corrected chi connectivity index (χ3v) is 8.24. The van der Waals surface area contributed by atoms with Crippen molar-refractivity contribution in [2.75, 3.05) is 20.3 Å². The Balaban J connectivity index is 0.000000216. The number of hydrogen-bond donors (Lipinski definition) is 1. The van der Waals surface area contributed by atoms with Gasteiger partial charge >= 0.3 is 11.9 Å². The molecule has 2 aliphatic carbocycles. The molecule has 1 N–H and O–H groups in total. The molecular weight excluding hydrogens is 508 g/mol. The van der Waals surface area contributed by atoms with Crippen LogP contribution in [0.4, 0.5) is 0 Å². The summed E-state index contributed by atoms with van der Waals surface area (Å²) in [6, 6.07) is 0. The maximum Gasteiger partial charge on any atom is 0.309 e. The molecule has 2 heterocycles. The van der Waals surface area contributed by atoms with Gasteiger partial charge in [0.05, 0.1) is 44.4 Å². The molecule has 0 amide bonds. The first-order chi connectivity index (χ1) is 18.3. The second kappa shape index (κ2) is 13.7. The summed E-state index contributed by atoms with van der Waals surface area (Å²) in [5.41, 5.74) is 0. The zero-order valence-corrected chi connectivity index (χ0v) is 24.1. The average Bonchev–Trinajstić information content (AvgIpc) is 3.61. The fourth-order valence-electron chi connectivity index (χ4n) is 6.21. The van der Waals surface area contributed by atoms with E-state index >= 15 is 0 Å². The summed E-state index contributed by atoms with van der Waals surface area (Å²) in [4.78, 5) is 46.3. The molecule has 0 radical (unpaired) electrons. The third-order valence-electron chi connectivity index (χ3n) is 8.24. The summed E-state index contributed by atoms with van der Waals surface area (Å²) < 4.78 is 27.2. The molecule has 2 aliphatic heterocycles. The van der Waals surface area contributed by atoms with Crippen molar-refractivity contribution in [2.24, 2.45) is 23.7 Å². The molecule has 39 heavy (non-hydrogen) atoms. The normalized spacial score (nSPS) is 33.2. The Labute approximate surface area is 231 Å². The lowest BCUT2D eigenvalue weighted by molar-refractivity contribution is -0.148. The smallest absolute Gasteiger partial charge is 0.309 e. The Morgan fingerprint density at radius 3 is 1.62 bits per heavy atom. The number of Topliss-reactive ketones (excluding diaryl/α,β-unsaturated/α-hetero) is 2. The van der Waals surface area contributed by atoms with Crippen molar-refractivity contribution in [1.82, 2.24) is 0 Å². The van der Waals surface area contributed by atoms with Crippen molar-refractivity contribution in [3.8, 4) is 0 Å². The molecule has 10 heteroatoms. The van der Waals surface area contributed by atoms with Gasteiger partial charge in [-0.1, -0.05) is 12.8 Å². The number of ketones is 2. The van der Waals surface area contributed by atoms with Gasteiger partial charge in [0.15, 0.2) is 11.6 Å². The lowest BCUT2D eigenvalue weighted by atomic mass is 9.90. The Bertz CT molecular complexity index is 881. The van der Waals surface area contributed by atoms with Crippen LogP contribution in [0.2, 0.25) is 0 Å². The zero-order valence-electron chi connectivity index (χ0n) is 24.1. The number of esters is 1. The molecule has 0 spiro atoms. The molecule has 2 saturated heterocycles. The van der Waals surface area contributed by atoms with Crippen molar-refractivity contribution in [2.45, 2.75) is 116 Å². The molecule has 0 bridgehead atoms. The van der Waals surface area contributed by atoms with Gasteiger partial charge in [-0.25, -0.2) is 0 Å². The molecule has 4 unspecified atom stereocenters. The summed E-state index contributed by atoms with van der Waals surface area (Å²) >= 11 is 0. The number of carbonyl (C=O) groups excluding carboxylic acids is 3. The maximum atomic E-state index is 11.9. The number of aliphatic carboxylic acids is 1. The number of carboxylic acids is 1. The summed E-state index contributed by atoms with van der Waals surface area (Å²) in [5.74, 6) is -2.99. The lowest BCUT2D eigenvalue weighted by Crippen LogP contribution is -2.24. The Morgan fingerprint density at radius 2 is 1.23 bits per heavy atom. The van der Waals surface area contributed by atoms with E-state index in [-0.39, 0.29) is 47.5 Å². The van der Waals surface area contributed by atoms with Crippen molar-refractivity contribution in [3.05, 3.63) is 0 Å². The Morgan fingerprint density at radius 1 is 0.795 bits per heavy atom. The minimum Gasteiger partial charge on any atom is -0.481 e. The van der Waals surface area contributed by atoms with Crippen LogP contribution in [0.5, 0.6) is 0 Å². The molecular formula is C29H46O10. The second-order valence-corrected chi connectivity index (χ2v) is 12.1. The van der Waals surface area contributed by atoms with E-state index in [9.17, 15) is 19.2 Å². The fraction of sp³-hybridized carbons (Fsp3) is 0.862. The van der Waals surface area contributed by atoms with Crippen LogP contribution in [0, 0.1) is 23.7 Å². The second-order valence-electron chi connectivity index (χ2n) is 12.1. The van der Waals surface area contributed by atoms with Gasteiger partial charge in [-0.3, -0.25) is 19.2 Å². The van der Waals surface area contributed by atoms with Gasteiger partial charge in [-0.05, 0) is 66.2 Å². The van der Waals surface area contributed by atoms with Gasteiger partial charge in [-0.2, -0.15) is 0 Å². The molecule has 2 saturated carbocycles. The van der Waals surface area contributed by atoms with Crippen LogP contribution >= 0.6 is 0 Å². The van der Waals surface area contributed by atoms with E-state index < -0.39 is 23.5 Å². The average molecular weight is 555 g/mol. The minimum absolute atomic E-state index is 0.0646. The Hall–Kier alpha value is -1.88. The highest BCUT2D eigenvalue weighted by Gasteiger charge is 2.41. The summed E-state index contributed by atoms with van der Waals surface area (Å²) in [6.07, 6.45) is 6.95. The fourth-order valence-corrected chi connectivity index (χ4v) is 6.21. The highest BCUT2D eigenvalue weighted by Crippen LogP contribution is 2.35. The van der Waals surface area contributed by atoms with Gasteiger partial charge in [0, 0.05) is 24.7 Å². The number of ether oxygens (including phenoxy) is 5. The minimum atomic E-state index is -0.836. The van der Waals surface area contributed by atoms with Gasteiger partial charge in [0.2, 0.25) is 0 Å². The molecule has 0 aromatic rings. The number of hydrogen-bond acceptors (Lipinski definition) is 9. The van der Waals surface area contributed by atoms with E-state index in [1.54, 1.807) is 0 Å². The Kier molecular flexibility index (Phi) is 11.1. The summed E-state index contributed by atoms with van der Waals surface area (Å²) in [6.45, 7) is 8.75. The van der Waals surface area contributed by atoms with E-state index in [4.69, 9.17) is 28.8 Å². The van der Waals surface area contributed by atoms with Gasteiger partial charge < -0.3 is 28.8 Å². The van der Waals surface area contributed by atoms with Gasteiger partial charge in [-0.15, -0.1) is 0 Å². The van der Waals surface area contributed by atoms with Crippen LogP contribution in [-0.4, -0.2) is 72.7 Å². The standard InChI is InChI=1S/C15H24O5.C14H22O5/c1-15(2)19-9-10(20-15)5-4-6-11-12(14(17)18-3)7-8-13(11)16;1-14(2)18-8-9(19-14)4-3-5-10-11(13(16)17)6-7-12(10)15/h10-12H,4-9H2,1-3H3;9-11H,3-8H2,1-2H3,(H,16,17)/t10?,11-,12?;9?,10-,11?/m00/s1. The number of carboxylic acid groups (broad SMARTS) is 1. The van der Waals surface area contributed by atoms with Crippen LogP contribution in [-0.2, 0) is 42.9 Å². The first-order valence-electron chi connectivity index (χ1n) is 14.3. The SMILES string of the molecule is CC1(C)OCC(CCC[C@@H]2C(=O)CCC2C(=O)O)O1.COC(=O)C1CCC(=O)[C@H]1CCCC1COC(C)(C)O1. The molecule has 222 valence electrons. The van der Waals surface area contributed by atoms with Crippen LogP contribution < -0.4 is 0 Å². The molecule has 0 aromatic carbocycles. The first kappa shape index (κ1) is 31.6. The monoisotopic (exact) mass is 554 g/mol. The van der Waals surface area contributed by atoms with E-state index in [1.165, 1.54) is 7.11 Å². The van der Waals surface area contributed by atoms with Crippen molar-refractivity contribution >= 4 is 23.5 Å². The summed E-state index contributed by atoms with van der Waals surface area (Å²) in [7, 11) is 1.38. The van der Waals surface area contributed by atoms with Crippen LogP contribution in [0.1, 0.15) is 91.9 Å². The molecule has 4 fully saturated rings. The van der Waals surface area contributed by atoms with Crippen LogP contribution in [0.3, 0.4) is 0 Å². The van der Waals surface area contributed by atoms with E-state index in [1.807, 2.05) is 27.7 Å². The zero-order chi connectivity index (χ0) is 28.8. The van der Waals surface area contributed by atoms with Crippen LogP contribution in [0.25, 0.3) is 0 Å². The summed E-state index contributed by atoms with van der Waals surface area (Å²) in [5, 5.41) is 9.08. The van der Waals surface area contributed by atoms with Crippen molar-refractivity contribution in [3.63, 3.8) is 0 Å². The van der Waals surface area contributed by atoms with E-state index in [0.29, 0.717) is 45.3 Å². The van der Waals surface area contributed by atoms with Gasteiger partial charge in [0.1, 0.15) is 11.6 Å². The number of rotatable bonds is 10. The van der Waals surface area contributed by atoms with Gasteiger partial charge in [0.25, 0.3) is 0 Å². The van der Waals surface area contributed by atoms with Crippen LogP contribution in [0.15, 0.2) is 0 Å². The molecule has 4 rings (SSSR count). The third kappa shape index (κ3) is 9.06. The molecule has 4 aliphatic rings. The lowest BCUT2D eigenvalue weighted by Gasteiger charge is -2.18. The molecule has 6 atom stereocenters. The van der Waals surface area contributed by atoms with E-state index in [2.05, 4.69) is 0 Å². The number of carbonyl (C=O) groups is 4. The quantitative estimate of drug-likeness (QED) is 0.394. The van der Waals surface area contributed by atoms with Crippen molar-refractivity contribution in [1.29, 1.82) is 0 Å². The highest BCUT2D eigenvalue weighted by atomic mass is 16.7. The van der Waals surface area contributed by atoms with Crippen molar-refractivity contribution < 1.29 is 48.0 Å². The predicted octanol–water partition coefficient (Wildman–Crippen LogP) is 4.06. The maximum absolute atomic E-state index is 11.9. The highest BCUT2D eigenvalue weighted by molar-refractivity contribution is 5.90. The number of methoxy groups -OCH3 is 1. The molecule has 10 nitrogen and oxygen atoms in total. The molecule has 0 aromatic heterocycles.